The predicted octanol–water partition coefficient (Wildman–Crippen LogP) is 3.87. The molecule has 2 aromatic carbocycles. The number of thiocarbonyl (C=S) groups is 1. The molecule has 22 heavy (non-hydrogen) atoms. The fourth-order valence-corrected chi connectivity index (χ4v) is 3.89. The summed E-state index contributed by atoms with van der Waals surface area (Å²) in [7, 11) is 2.15. The Kier molecular flexibility index (Phi) is 3.36. The van der Waals surface area contributed by atoms with E-state index in [1.807, 2.05) is 30.3 Å². The van der Waals surface area contributed by atoms with Crippen LogP contribution in [-0.4, -0.2) is 23.3 Å². The first-order chi connectivity index (χ1) is 10.7. The lowest BCUT2D eigenvalue weighted by molar-refractivity contribution is 0.119. The van der Waals surface area contributed by atoms with Gasteiger partial charge in [-0.2, -0.15) is 0 Å². The number of nitrogens with zero attached hydrogens (tertiary/aromatic N) is 1. The first kappa shape index (κ1) is 13.7. The average Bonchev–Trinajstić information content (AvgIpc) is 2.98. The second kappa shape index (κ2) is 5.38. The first-order valence-corrected chi connectivity index (χ1v) is 7.89. The van der Waals surface area contributed by atoms with E-state index in [0.29, 0.717) is 11.8 Å². The predicted molar refractivity (Wildman–Crippen MR) is 88.8 cm³/mol. The van der Waals surface area contributed by atoms with E-state index in [0.717, 1.165) is 6.42 Å². The van der Waals surface area contributed by atoms with Crippen LogP contribution in [0.15, 0.2) is 54.6 Å². The van der Waals surface area contributed by atoms with Crippen LogP contribution in [0.5, 0.6) is 5.75 Å². The number of fused-ring (bicyclic) bond motifs is 5. The van der Waals surface area contributed by atoms with Crippen LogP contribution in [0.25, 0.3) is 0 Å². The van der Waals surface area contributed by atoms with Crippen molar-refractivity contribution in [2.45, 2.75) is 24.6 Å². The quantitative estimate of drug-likeness (QED) is 0.785. The Morgan fingerprint density at radius 3 is 2.50 bits per heavy atom. The smallest absolute Gasteiger partial charge is 0.358 e. The fourth-order valence-electron chi connectivity index (χ4n) is 3.67. The van der Waals surface area contributed by atoms with E-state index in [9.17, 15) is 0 Å². The molecule has 0 N–H and O–H groups in total. The van der Waals surface area contributed by atoms with Crippen molar-refractivity contribution in [2.75, 3.05) is 7.05 Å². The summed E-state index contributed by atoms with van der Waals surface area (Å²) >= 11 is 5.26. The number of para-hydroxylation sites is 1. The summed E-state index contributed by atoms with van der Waals surface area (Å²) in [5, 5.41) is 0.203. The van der Waals surface area contributed by atoms with Gasteiger partial charge in [0, 0.05) is 24.7 Å². The van der Waals surface area contributed by atoms with Crippen molar-refractivity contribution in [3.05, 3.63) is 65.7 Å². The van der Waals surface area contributed by atoms with E-state index in [2.05, 4.69) is 36.2 Å². The number of benzene rings is 2. The van der Waals surface area contributed by atoms with E-state index in [1.165, 1.54) is 11.1 Å². The summed E-state index contributed by atoms with van der Waals surface area (Å²) in [6.45, 7) is 0. The molecule has 2 aromatic rings. The minimum atomic E-state index is 0.0566. The summed E-state index contributed by atoms with van der Waals surface area (Å²) in [6.07, 6.45) is 1.01. The largest absolute Gasteiger partial charge is 0.451 e. The Labute approximate surface area is 135 Å². The minimum Gasteiger partial charge on any atom is -0.451 e. The van der Waals surface area contributed by atoms with Crippen LogP contribution in [0, 0.1) is 0 Å². The highest BCUT2D eigenvalue weighted by Crippen LogP contribution is 2.52. The lowest BCUT2D eigenvalue weighted by Gasteiger charge is -2.24. The molecule has 3 nitrogen and oxygen atoms in total. The van der Waals surface area contributed by atoms with Gasteiger partial charge in [-0.25, -0.2) is 0 Å². The topological polar surface area (TPSA) is 21.7 Å². The van der Waals surface area contributed by atoms with Gasteiger partial charge in [0.15, 0.2) is 0 Å². The van der Waals surface area contributed by atoms with Gasteiger partial charge in [-0.1, -0.05) is 42.5 Å². The molecule has 0 aromatic heterocycles. The van der Waals surface area contributed by atoms with Crippen LogP contribution in [0.2, 0.25) is 0 Å². The summed E-state index contributed by atoms with van der Waals surface area (Å²) in [5.41, 5.74) is 2.78. The summed E-state index contributed by atoms with van der Waals surface area (Å²) in [5.74, 6) is 0.712. The summed E-state index contributed by atoms with van der Waals surface area (Å²) < 4.78 is 11.5. The van der Waals surface area contributed by atoms with Crippen molar-refractivity contribution >= 4 is 17.5 Å². The normalized spacial score (nSPS) is 25.8. The molecule has 0 spiro atoms. The first-order valence-electron chi connectivity index (χ1n) is 7.48. The van der Waals surface area contributed by atoms with Gasteiger partial charge in [0.25, 0.3) is 0 Å². The Hall–Kier alpha value is -1.91. The molecule has 1 saturated heterocycles. The molecule has 3 atom stereocenters. The second-order valence-electron chi connectivity index (χ2n) is 5.81. The van der Waals surface area contributed by atoms with Gasteiger partial charge in [0.2, 0.25) is 0 Å². The lowest BCUT2D eigenvalue weighted by atomic mass is 9.90. The van der Waals surface area contributed by atoms with Crippen LogP contribution in [0.4, 0.5) is 0 Å². The molecule has 1 fully saturated rings. The minimum absolute atomic E-state index is 0.0566. The third kappa shape index (κ3) is 2.19. The van der Waals surface area contributed by atoms with E-state index in [1.54, 1.807) is 0 Å². The van der Waals surface area contributed by atoms with Crippen LogP contribution in [0.3, 0.4) is 0 Å². The van der Waals surface area contributed by atoms with Gasteiger partial charge in [-0.05, 0) is 30.3 Å². The van der Waals surface area contributed by atoms with E-state index >= 15 is 0 Å². The van der Waals surface area contributed by atoms with Crippen LogP contribution in [-0.2, 0) is 4.74 Å². The van der Waals surface area contributed by atoms with Crippen LogP contribution in [0.1, 0.15) is 29.6 Å². The molecule has 0 radical (unpaired) electrons. The van der Waals surface area contributed by atoms with E-state index < -0.39 is 0 Å². The van der Waals surface area contributed by atoms with Crippen LogP contribution >= 0.6 is 12.2 Å². The monoisotopic (exact) mass is 311 g/mol. The van der Waals surface area contributed by atoms with Crippen molar-refractivity contribution in [3.8, 4) is 5.75 Å². The fraction of sp³-hybridized carbons (Fsp3) is 0.278. The maximum atomic E-state index is 5.94. The molecule has 2 heterocycles. The van der Waals surface area contributed by atoms with Crippen molar-refractivity contribution < 1.29 is 9.47 Å². The number of likely N-dealkylation sites (N-methyl/N-ethyl adjacent to an activating group) is 1. The molecular formula is C18H17NO2S. The molecule has 2 aliphatic rings. The number of hydrogen-bond donors (Lipinski definition) is 0. The molecule has 0 amide bonds. The third-order valence-corrected chi connectivity index (χ3v) is 4.78. The molecule has 112 valence electrons. The van der Waals surface area contributed by atoms with Gasteiger partial charge in [-0.3, -0.25) is 4.90 Å². The van der Waals surface area contributed by atoms with Gasteiger partial charge in [0.05, 0.1) is 6.04 Å². The maximum absolute atomic E-state index is 5.94. The summed E-state index contributed by atoms with van der Waals surface area (Å²) in [4.78, 5) is 2.38. The van der Waals surface area contributed by atoms with Crippen molar-refractivity contribution in [1.82, 2.24) is 4.90 Å². The molecule has 0 saturated carbocycles. The number of rotatable bonds is 2. The summed E-state index contributed by atoms with van der Waals surface area (Å²) in [6, 6.07) is 18.8. The van der Waals surface area contributed by atoms with Gasteiger partial charge < -0.3 is 9.47 Å². The van der Waals surface area contributed by atoms with Crippen LogP contribution < -0.4 is 4.74 Å². The average molecular weight is 311 g/mol. The molecule has 0 aliphatic carbocycles. The molecule has 4 heteroatoms. The standard InChI is InChI=1S/C18H17NO2S/c1-19-15-11-16(17(19)14-10-6-5-9-13(14)15)21-18(22)20-12-7-3-2-4-8-12/h2-10,15-17H,11H2,1H3/t15-,16+,17-/m1/s1. The Morgan fingerprint density at radius 2 is 1.73 bits per heavy atom. The molecule has 2 aliphatic heterocycles. The SMILES string of the molecule is CN1[C@@H]2C[C@H](OC(=S)Oc3ccccc3)[C@H]1c1ccccc12. The molecule has 2 bridgehead atoms. The highest BCUT2D eigenvalue weighted by Gasteiger charge is 2.49. The number of ether oxygens (including phenoxy) is 2. The zero-order chi connectivity index (χ0) is 15.1. The van der Waals surface area contributed by atoms with E-state index in [-0.39, 0.29) is 17.4 Å². The third-order valence-electron chi connectivity index (χ3n) is 4.60. The molecule has 0 unspecified atom stereocenters. The Bertz CT molecular complexity index is 703. The molecule has 4 rings (SSSR count). The number of hydrogen-bond acceptors (Lipinski definition) is 4. The second-order valence-corrected chi connectivity index (χ2v) is 6.15. The zero-order valence-corrected chi connectivity index (χ0v) is 13.1. The highest BCUT2D eigenvalue weighted by molar-refractivity contribution is 7.79. The Balaban J connectivity index is 1.48. The van der Waals surface area contributed by atoms with Gasteiger partial charge in [-0.15, -0.1) is 0 Å². The highest BCUT2D eigenvalue weighted by atomic mass is 32.1. The van der Waals surface area contributed by atoms with Gasteiger partial charge >= 0.3 is 5.24 Å². The lowest BCUT2D eigenvalue weighted by Crippen LogP contribution is -2.27. The zero-order valence-electron chi connectivity index (χ0n) is 12.3. The molecular weight excluding hydrogens is 294 g/mol. The van der Waals surface area contributed by atoms with E-state index in [4.69, 9.17) is 21.7 Å². The van der Waals surface area contributed by atoms with Crippen molar-refractivity contribution in [1.29, 1.82) is 0 Å². The Morgan fingerprint density at radius 1 is 1.05 bits per heavy atom. The van der Waals surface area contributed by atoms with Crippen molar-refractivity contribution in [3.63, 3.8) is 0 Å². The van der Waals surface area contributed by atoms with Crippen molar-refractivity contribution in [2.24, 2.45) is 0 Å². The van der Waals surface area contributed by atoms with Gasteiger partial charge in [0.1, 0.15) is 11.9 Å². The maximum Gasteiger partial charge on any atom is 0.358 e.